The minimum absolute atomic E-state index is 0.301. The highest BCUT2D eigenvalue weighted by Gasteiger charge is 2.06. The molecule has 3 aromatic rings. The van der Waals surface area contributed by atoms with Gasteiger partial charge in [0.25, 0.3) is 0 Å². The number of benzene rings is 1. The Morgan fingerprint density at radius 2 is 1.85 bits per heavy atom. The van der Waals surface area contributed by atoms with E-state index in [1.165, 1.54) is 0 Å². The van der Waals surface area contributed by atoms with Gasteiger partial charge >= 0.3 is 6.03 Å². The molecule has 8 nitrogen and oxygen atoms in total. The van der Waals surface area contributed by atoms with Gasteiger partial charge in [-0.1, -0.05) is 12.1 Å². The average molecular weight is 352 g/mol. The maximum absolute atomic E-state index is 11.9. The topological polar surface area (TPSA) is 93.1 Å². The van der Waals surface area contributed by atoms with Crippen molar-refractivity contribution in [3.8, 4) is 11.6 Å². The van der Waals surface area contributed by atoms with E-state index in [1.807, 2.05) is 53.4 Å². The number of hydrogen-bond acceptors (Lipinski definition) is 5. The summed E-state index contributed by atoms with van der Waals surface area (Å²) in [5.41, 5.74) is 0.618. The molecule has 0 aliphatic heterocycles. The molecule has 2 aromatic heterocycles. The second-order valence-corrected chi connectivity index (χ2v) is 5.38. The SMILES string of the molecule is COc1ccccc1NC(=O)NCCNc1ccc(-n2cccc2)nn1. The fourth-order valence-corrected chi connectivity index (χ4v) is 2.33. The highest BCUT2D eigenvalue weighted by atomic mass is 16.5. The predicted octanol–water partition coefficient (Wildman–Crippen LogP) is 2.51. The van der Waals surface area contributed by atoms with Gasteiger partial charge in [0.1, 0.15) is 11.6 Å². The molecule has 0 aliphatic carbocycles. The van der Waals surface area contributed by atoms with Crippen LogP contribution in [0.4, 0.5) is 16.3 Å². The van der Waals surface area contributed by atoms with E-state index in [1.54, 1.807) is 19.2 Å². The van der Waals surface area contributed by atoms with E-state index in [0.717, 1.165) is 5.82 Å². The smallest absolute Gasteiger partial charge is 0.319 e. The highest BCUT2D eigenvalue weighted by molar-refractivity contribution is 5.90. The van der Waals surface area contributed by atoms with E-state index in [4.69, 9.17) is 4.74 Å². The lowest BCUT2D eigenvalue weighted by molar-refractivity contribution is 0.252. The van der Waals surface area contributed by atoms with Crippen LogP contribution in [-0.4, -0.2) is 41.0 Å². The molecule has 8 heteroatoms. The number of amides is 2. The fourth-order valence-electron chi connectivity index (χ4n) is 2.33. The van der Waals surface area contributed by atoms with Crippen molar-refractivity contribution in [3.05, 3.63) is 60.9 Å². The normalized spacial score (nSPS) is 10.2. The number of ether oxygens (including phenoxy) is 1. The Balaban J connectivity index is 1.42. The van der Waals surface area contributed by atoms with Gasteiger partial charge < -0.3 is 25.3 Å². The van der Waals surface area contributed by atoms with Gasteiger partial charge in [0, 0.05) is 25.5 Å². The maximum atomic E-state index is 11.9. The van der Waals surface area contributed by atoms with E-state index >= 15 is 0 Å². The number of nitrogens with one attached hydrogen (secondary N) is 3. The second kappa shape index (κ2) is 8.52. The lowest BCUT2D eigenvalue weighted by Gasteiger charge is -2.11. The lowest BCUT2D eigenvalue weighted by Crippen LogP contribution is -2.32. The van der Waals surface area contributed by atoms with Crippen LogP contribution in [0.2, 0.25) is 0 Å². The van der Waals surface area contributed by atoms with E-state index in [2.05, 4.69) is 26.1 Å². The highest BCUT2D eigenvalue weighted by Crippen LogP contribution is 2.22. The summed E-state index contributed by atoms with van der Waals surface area (Å²) in [6.07, 6.45) is 3.81. The molecule has 3 rings (SSSR count). The van der Waals surface area contributed by atoms with Crippen molar-refractivity contribution in [1.82, 2.24) is 20.1 Å². The largest absolute Gasteiger partial charge is 0.495 e. The quantitative estimate of drug-likeness (QED) is 0.568. The van der Waals surface area contributed by atoms with Crippen molar-refractivity contribution in [2.45, 2.75) is 0 Å². The maximum Gasteiger partial charge on any atom is 0.319 e. The number of aromatic nitrogens is 3. The molecule has 0 spiro atoms. The summed E-state index contributed by atoms with van der Waals surface area (Å²) in [7, 11) is 1.56. The molecule has 0 aliphatic rings. The van der Waals surface area contributed by atoms with Gasteiger partial charge in [0.2, 0.25) is 0 Å². The molecule has 0 fully saturated rings. The number of anilines is 2. The Kier molecular flexibility index (Phi) is 5.66. The number of methoxy groups -OCH3 is 1. The molecule has 0 bridgehead atoms. The Hall–Kier alpha value is -3.55. The minimum Gasteiger partial charge on any atom is -0.495 e. The first-order valence-electron chi connectivity index (χ1n) is 8.15. The van der Waals surface area contributed by atoms with Crippen molar-refractivity contribution in [2.24, 2.45) is 0 Å². The average Bonchev–Trinajstić information content (AvgIpc) is 3.21. The summed E-state index contributed by atoms with van der Waals surface area (Å²) in [5, 5.41) is 16.9. The van der Waals surface area contributed by atoms with Crippen molar-refractivity contribution in [2.75, 3.05) is 30.8 Å². The van der Waals surface area contributed by atoms with E-state index in [9.17, 15) is 4.79 Å². The molecule has 0 atom stereocenters. The van der Waals surface area contributed by atoms with E-state index in [0.29, 0.717) is 30.3 Å². The number of carbonyl (C=O) groups excluding carboxylic acids is 1. The van der Waals surface area contributed by atoms with Crippen LogP contribution in [0.15, 0.2) is 60.9 Å². The first-order valence-corrected chi connectivity index (χ1v) is 8.15. The second-order valence-electron chi connectivity index (χ2n) is 5.38. The molecule has 0 radical (unpaired) electrons. The third-order valence-corrected chi connectivity index (χ3v) is 3.59. The molecule has 0 saturated carbocycles. The molecule has 26 heavy (non-hydrogen) atoms. The van der Waals surface area contributed by atoms with Gasteiger partial charge in [-0.3, -0.25) is 0 Å². The minimum atomic E-state index is -0.301. The molecular formula is C18H20N6O2. The third kappa shape index (κ3) is 4.50. The third-order valence-electron chi connectivity index (χ3n) is 3.59. The number of carbonyl (C=O) groups is 1. The van der Waals surface area contributed by atoms with Crippen molar-refractivity contribution < 1.29 is 9.53 Å². The summed E-state index contributed by atoms with van der Waals surface area (Å²) in [6.45, 7) is 0.957. The predicted molar refractivity (Wildman–Crippen MR) is 99.9 cm³/mol. The molecule has 2 heterocycles. The summed E-state index contributed by atoms with van der Waals surface area (Å²) in [5.74, 6) is 2.00. The van der Waals surface area contributed by atoms with Gasteiger partial charge in [-0.2, -0.15) is 0 Å². The summed E-state index contributed by atoms with van der Waals surface area (Å²) >= 11 is 0. The number of urea groups is 1. The number of hydrogen-bond donors (Lipinski definition) is 3. The van der Waals surface area contributed by atoms with Crippen LogP contribution in [0.1, 0.15) is 0 Å². The van der Waals surface area contributed by atoms with E-state index < -0.39 is 0 Å². The zero-order valence-corrected chi connectivity index (χ0v) is 14.3. The molecule has 1 aromatic carbocycles. The van der Waals surface area contributed by atoms with Gasteiger partial charge in [0.15, 0.2) is 5.82 Å². The van der Waals surface area contributed by atoms with Gasteiger partial charge in [0.05, 0.1) is 12.8 Å². The summed E-state index contributed by atoms with van der Waals surface area (Å²) in [6, 6.07) is 14.5. The van der Waals surface area contributed by atoms with Crippen LogP contribution in [0.25, 0.3) is 5.82 Å². The van der Waals surface area contributed by atoms with Crippen LogP contribution in [0.3, 0.4) is 0 Å². The van der Waals surface area contributed by atoms with Crippen molar-refractivity contribution in [3.63, 3.8) is 0 Å². The Morgan fingerprint density at radius 3 is 2.58 bits per heavy atom. The van der Waals surface area contributed by atoms with Crippen LogP contribution < -0.4 is 20.7 Å². The Labute approximate surface area is 151 Å². The van der Waals surface area contributed by atoms with Crippen LogP contribution in [-0.2, 0) is 0 Å². The molecule has 134 valence electrons. The van der Waals surface area contributed by atoms with Crippen LogP contribution >= 0.6 is 0 Å². The Bertz CT molecular complexity index is 833. The molecule has 2 amide bonds. The lowest BCUT2D eigenvalue weighted by atomic mass is 10.3. The molecule has 3 N–H and O–H groups in total. The molecule has 0 unspecified atom stereocenters. The first kappa shape index (κ1) is 17.3. The summed E-state index contributed by atoms with van der Waals surface area (Å²) in [4.78, 5) is 11.9. The van der Waals surface area contributed by atoms with E-state index in [-0.39, 0.29) is 6.03 Å². The zero-order valence-electron chi connectivity index (χ0n) is 14.3. The molecular weight excluding hydrogens is 332 g/mol. The molecule has 0 saturated heterocycles. The van der Waals surface area contributed by atoms with Crippen LogP contribution in [0.5, 0.6) is 5.75 Å². The monoisotopic (exact) mass is 352 g/mol. The van der Waals surface area contributed by atoms with Gasteiger partial charge in [-0.25, -0.2) is 4.79 Å². The zero-order chi connectivity index (χ0) is 18.2. The first-order chi connectivity index (χ1) is 12.8. The van der Waals surface area contributed by atoms with Gasteiger partial charge in [-0.05, 0) is 36.4 Å². The number of rotatable bonds is 7. The Morgan fingerprint density at radius 1 is 1.04 bits per heavy atom. The fraction of sp³-hybridized carbons (Fsp3) is 0.167. The summed E-state index contributed by atoms with van der Waals surface area (Å²) < 4.78 is 7.07. The van der Waals surface area contributed by atoms with Crippen LogP contribution in [0, 0.1) is 0 Å². The standard InChI is InChI=1S/C18H20N6O2/c1-26-15-7-3-2-6-14(15)21-18(25)20-11-10-19-16-8-9-17(23-22-16)24-12-4-5-13-24/h2-9,12-13H,10-11H2,1H3,(H,19,22)(H2,20,21,25). The number of nitrogens with zero attached hydrogens (tertiary/aromatic N) is 3. The van der Waals surface area contributed by atoms with Gasteiger partial charge in [-0.15, -0.1) is 10.2 Å². The van der Waals surface area contributed by atoms with Crippen molar-refractivity contribution >= 4 is 17.5 Å². The van der Waals surface area contributed by atoms with Crippen molar-refractivity contribution in [1.29, 1.82) is 0 Å². The number of para-hydroxylation sites is 2.